The molecular weight excluding hydrogens is 238 g/mol. The predicted octanol–water partition coefficient (Wildman–Crippen LogP) is 2.71. The summed E-state index contributed by atoms with van der Waals surface area (Å²) in [5.41, 5.74) is 2.77. The second-order valence-electron chi connectivity index (χ2n) is 5.16. The van der Waals surface area contributed by atoms with Gasteiger partial charge in [-0.05, 0) is 24.0 Å². The molecule has 0 radical (unpaired) electrons. The van der Waals surface area contributed by atoms with Gasteiger partial charge in [0.05, 0.1) is 19.3 Å². The van der Waals surface area contributed by atoms with Gasteiger partial charge >= 0.3 is 0 Å². The molecule has 1 aliphatic rings. The zero-order chi connectivity index (χ0) is 13.5. The molecule has 19 heavy (non-hydrogen) atoms. The molecule has 2 atom stereocenters. The maximum atomic E-state index is 5.91. The molecule has 1 heterocycles. The number of hydrogen-bond donors (Lipinski definition) is 1. The van der Waals surface area contributed by atoms with E-state index in [-0.39, 0.29) is 6.10 Å². The molecule has 0 aromatic heterocycles. The van der Waals surface area contributed by atoms with Crippen molar-refractivity contribution in [1.82, 2.24) is 5.32 Å². The van der Waals surface area contributed by atoms with E-state index in [9.17, 15) is 0 Å². The number of hydrogen-bond acceptors (Lipinski definition) is 3. The first kappa shape index (κ1) is 14.5. The minimum absolute atomic E-state index is 0.182. The highest BCUT2D eigenvalue weighted by molar-refractivity contribution is 5.31. The summed E-state index contributed by atoms with van der Waals surface area (Å²) in [5.74, 6) is 0. The van der Waals surface area contributed by atoms with E-state index in [4.69, 9.17) is 9.47 Å². The van der Waals surface area contributed by atoms with Gasteiger partial charge in [-0.25, -0.2) is 0 Å². The fraction of sp³-hybridized carbons (Fsp3) is 0.625. The molecule has 106 valence electrons. The van der Waals surface area contributed by atoms with Crippen LogP contribution < -0.4 is 5.32 Å². The molecule has 1 aromatic carbocycles. The second kappa shape index (κ2) is 7.63. The van der Waals surface area contributed by atoms with Gasteiger partial charge in [0.25, 0.3) is 0 Å². The molecule has 1 N–H and O–H groups in total. The van der Waals surface area contributed by atoms with Crippen LogP contribution in [0.25, 0.3) is 0 Å². The molecule has 2 rings (SSSR count). The molecule has 0 fully saturated rings. The van der Waals surface area contributed by atoms with Gasteiger partial charge in [0.15, 0.2) is 0 Å². The van der Waals surface area contributed by atoms with E-state index in [1.807, 2.05) is 0 Å². The molecule has 3 heteroatoms. The van der Waals surface area contributed by atoms with Crippen LogP contribution in [0.2, 0.25) is 0 Å². The molecule has 0 spiro atoms. The number of benzene rings is 1. The summed E-state index contributed by atoms with van der Waals surface area (Å²) < 4.78 is 11.2. The van der Waals surface area contributed by atoms with Crippen LogP contribution in [-0.2, 0) is 15.9 Å². The van der Waals surface area contributed by atoms with Gasteiger partial charge in [-0.3, -0.25) is 0 Å². The number of fused-ring (bicyclic) bond motifs is 1. The quantitative estimate of drug-likeness (QED) is 0.820. The highest BCUT2D eigenvalue weighted by atomic mass is 16.5. The van der Waals surface area contributed by atoms with E-state index in [2.05, 4.69) is 36.5 Å². The van der Waals surface area contributed by atoms with E-state index in [1.54, 1.807) is 7.11 Å². The highest BCUT2D eigenvalue weighted by Gasteiger charge is 2.21. The SMILES string of the molecule is CCCC(COC)NCC1OCCc2ccccc21. The zero-order valence-corrected chi connectivity index (χ0v) is 12.0. The zero-order valence-electron chi connectivity index (χ0n) is 12.0. The maximum Gasteiger partial charge on any atom is 0.0952 e. The first-order valence-electron chi connectivity index (χ1n) is 7.26. The van der Waals surface area contributed by atoms with E-state index >= 15 is 0 Å². The summed E-state index contributed by atoms with van der Waals surface area (Å²) in [4.78, 5) is 0. The Morgan fingerprint density at radius 2 is 2.26 bits per heavy atom. The minimum atomic E-state index is 0.182. The van der Waals surface area contributed by atoms with Gasteiger partial charge in [0, 0.05) is 19.7 Å². The van der Waals surface area contributed by atoms with E-state index < -0.39 is 0 Å². The van der Waals surface area contributed by atoms with Crippen molar-refractivity contribution in [2.75, 3.05) is 26.9 Å². The Bertz CT molecular complexity index is 375. The lowest BCUT2D eigenvalue weighted by molar-refractivity contribution is 0.0375. The lowest BCUT2D eigenvalue weighted by Gasteiger charge is -2.28. The summed E-state index contributed by atoms with van der Waals surface area (Å²) >= 11 is 0. The number of ether oxygens (including phenoxy) is 2. The van der Waals surface area contributed by atoms with Crippen LogP contribution in [0, 0.1) is 0 Å². The van der Waals surface area contributed by atoms with Crippen molar-refractivity contribution < 1.29 is 9.47 Å². The van der Waals surface area contributed by atoms with Gasteiger partial charge in [0.2, 0.25) is 0 Å². The van der Waals surface area contributed by atoms with Crippen molar-refractivity contribution in [2.24, 2.45) is 0 Å². The molecular formula is C16H25NO2. The molecule has 0 saturated heterocycles. The average molecular weight is 263 g/mol. The monoisotopic (exact) mass is 263 g/mol. The summed E-state index contributed by atoms with van der Waals surface area (Å²) in [5, 5.41) is 3.58. The Labute approximate surface area is 116 Å². The largest absolute Gasteiger partial charge is 0.383 e. The van der Waals surface area contributed by atoms with Crippen LogP contribution in [-0.4, -0.2) is 32.9 Å². The second-order valence-corrected chi connectivity index (χ2v) is 5.16. The fourth-order valence-corrected chi connectivity index (χ4v) is 2.71. The van der Waals surface area contributed by atoms with Crippen LogP contribution in [0.3, 0.4) is 0 Å². The standard InChI is InChI=1S/C16H25NO2/c1-3-6-14(12-18-2)17-11-16-15-8-5-4-7-13(15)9-10-19-16/h4-5,7-8,14,16-17H,3,6,9-12H2,1-2H3. The Morgan fingerprint density at radius 3 is 3.05 bits per heavy atom. The van der Waals surface area contributed by atoms with Crippen LogP contribution in [0.5, 0.6) is 0 Å². The normalized spacial score (nSPS) is 20.0. The van der Waals surface area contributed by atoms with E-state index in [1.165, 1.54) is 17.5 Å². The Balaban J connectivity index is 1.92. The molecule has 0 aliphatic carbocycles. The summed E-state index contributed by atoms with van der Waals surface area (Å²) in [6.07, 6.45) is 3.52. The fourth-order valence-electron chi connectivity index (χ4n) is 2.71. The van der Waals surface area contributed by atoms with Crippen molar-refractivity contribution in [1.29, 1.82) is 0 Å². The van der Waals surface area contributed by atoms with Crippen molar-refractivity contribution in [3.05, 3.63) is 35.4 Å². The topological polar surface area (TPSA) is 30.5 Å². The summed E-state index contributed by atoms with van der Waals surface area (Å²) in [6, 6.07) is 9.03. The lowest BCUT2D eigenvalue weighted by Crippen LogP contribution is -2.37. The average Bonchev–Trinajstić information content (AvgIpc) is 2.45. The number of methoxy groups -OCH3 is 1. The molecule has 0 bridgehead atoms. The Hall–Kier alpha value is -0.900. The third-order valence-electron chi connectivity index (χ3n) is 3.69. The molecule has 3 nitrogen and oxygen atoms in total. The predicted molar refractivity (Wildman–Crippen MR) is 77.4 cm³/mol. The summed E-state index contributed by atoms with van der Waals surface area (Å²) in [6.45, 7) is 4.66. The van der Waals surface area contributed by atoms with Crippen LogP contribution >= 0.6 is 0 Å². The van der Waals surface area contributed by atoms with Crippen molar-refractivity contribution in [2.45, 2.75) is 38.3 Å². The van der Waals surface area contributed by atoms with Gasteiger partial charge in [-0.1, -0.05) is 37.6 Å². The maximum absolute atomic E-state index is 5.91. The highest BCUT2D eigenvalue weighted by Crippen LogP contribution is 2.26. The number of nitrogens with one attached hydrogen (secondary N) is 1. The molecule has 1 aromatic rings. The Kier molecular flexibility index (Phi) is 5.83. The van der Waals surface area contributed by atoms with Crippen LogP contribution in [0.15, 0.2) is 24.3 Å². The van der Waals surface area contributed by atoms with Gasteiger partial charge < -0.3 is 14.8 Å². The lowest BCUT2D eigenvalue weighted by atomic mass is 9.97. The van der Waals surface area contributed by atoms with Crippen molar-refractivity contribution in [3.8, 4) is 0 Å². The molecule has 2 unspecified atom stereocenters. The minimum Gasteiger partial charge on any atom is -0.383 e. The van der Waals surface area contributed by atoms with E-state index in [0.717, 1.165) is 32.6 Å². The van der Waals surface area contributed by atoms with Crippen molar-refractivity contribution in [3.63, 3.8) is 0 Å². The first-order valence-corrected chi connectivity index (χ1v) is 7.26. The van der Waals surface area contributed by atoms with Gasteiger partial charge in [-0.15, -0.1) is 0 Å². The van der Waals surface area contributed by atoms with Crippen LogP contribution in [0.1, 0.15) is 37.0 Å². The third-order valence-corrected chi connectivity index (χ3v) is 3.69. The third kappa shape index (κ3) is 4.03. The van der Waals surface area contributed by atoms with Crippen LogP contribution in [0.4, 0.5) is 0 Å². The van der Waals surface area contributed by atoms with Gasteiger partial charge in [0.1, 0.15) is 0 Å². The van der Waals surface area contributed by atoms with Crippen molar-refractivity contribution >= 4 is 0 Å². The smallest absolute Gasteiger partial charge is 0.0952 e. The molecule has 0 amide bonds. The van der Waals surface area contributed by atoms with E-state index in [0.29, 0.717) is 6.04 Å². The van der Waals surface area contributed by atoms with Gasteiger partial charge in [-0.2, -0.15) is 0 Å². The number of rotatable bonds is 7. The molecule has 0 saturated carbocycles. The molecule has 1 aliphatic heterocycles. The first-order chi connectivity index (χ1) is 9.35. The summed E-state index contributed by atoms with van der Waals surface area (Å²) in [7, 11) is 1.76. The Morgan fingerprint density at radius 1 is 1.42 bits per heavy atom.